The van der Waals surface area contributed by atoms with Crippen molar-refractivity contribution in [2.24, 2.45) is 0 Å². The van der Waals surface area contributed by atoms with E-state index in [1.165, 1.54) is 76.9 Å². The predicted molar refractivity (Wildman–Crippen MR) is 216 cm³/mol. The number of rotatable bonds is 2. The molecule has 0 amide bonds. The Morgan fingerprint density at radius 3 is 1.98 bits per heavy atom. The van der Waals surface area contributed by atoms with E-state index in [0.717, 1.165) is 39.1 Å². The first kappa shape index (κ1) is 28.2. The van der Waals surface area contributed by atoms with Gasteiger partial charge in [0.15, 0.2) is 5.82 Å². The van der Waals surface area contributed by atoms with E-state index >= 15 is 0 Å². The Bertz CT molecular complexity index is 3220. The first-order valence-electron chi connectivity index (χ1n) is 18.1. The summed E-state index contributed by atoms with van der Waals surface area (Å²) in [5.74, 6) is 0.756. The number of fused-ring (bicyclic) bond motifs is 11. The van der Waals surface area contributed by atoms with E-state index in [4.69, 9.17) is 9.97 Å². The van der Waals surface area contributed by atoms with Gasteiger partial charge in [-0.15, -0.1) is 0 Å². The normalized spacial score (nSPS) is 13.7. The summed E-state index contributed by atoms with van der Waals surface area (Å²) in [5, 5.41) is 8.57. The number of nitrogens with zero attached hydrogens (tertiary/aromatic N) is 3. The molecule has 2 aliphatic carbocycles. The van der Waals surface area contributed by atoms with Crippen LogP contribution in [0.3, 0.4) is 0 Å². The standard InChI is InChI=1S/C49H31N3/c1-49(2)40-25-29-13-4-3-12-28(29)24-37(40)38-26-39-33-17-9-10-21-43(33)52(45(39)27-41(38)49)44-23-22-36(30-14-5-7-16-32(30)44)48-50-42-20-11-19-34-31-15-6-8-18-35(31)47(51-48)46(34)42/h3-27H,1-2H3. The van der Waals surface area contributed by atoms with Gasteiger partial charge in [0.05, 0.1) is 27.9 Å². The monoisotopic (exact) mass is 661 g/mol. The first-order valence-corrected chi connectivity index (χ1v) is 18.1. The van der Waals surface area contributed by atoms with Crippen LogP contribution < -0.4 is 0 Å². The van der Waals surface area contributed by atoms with Gasteiger partial charge < -0.3 is 4.57 Å². The second-order valence-corrected chi connectivity index (χ2v) is 15.0. The van der Waals surface area contributed by atoms with Crippen LogP contribution in [-0.4, -0.2) is 14.5 Å². The van der Waals surface area contributed by atoms with Crippen molar-refractivity contribution in [3.63, 3.8) is 0 Å². The van der Waals surface area contributed by atoms with Gasteiger partial charge in [-0.25, -0.2) is 9.97 Å². The molecule has 0 atom stereocenters. The van der Waals surface area contributed by atoms with Crippen molar-refractivity contribution in [2.75, 3.05) is 0 Å². The van der Waals surface area contributed by atoms with Crippen LogP contribution in [-0.2, 0) is 5.41 Å². The van der Waals surface area contributed by atoms with Gasteiger partial charge in [0.25, 0.3) is 0 Å². The highest BCUT2D eigenvalue weighted by Gasteiger charge is 2.37. The zero-order chi connectivity index (χ0) is 34.3. The van der Waals surface area contributed by atoms with Crippen LogP contribution in [0.1, 0.15) is 25.0 Å². The third-order valence-corrected chi connectivity index (χ3v) is 11.9. The molecule has 0 aliphatic heterocycles. The molecule has 2 heterocycles. The van der Waals surface area contributed by atoms with Crippen LogP contribution in [0.5, 0.6) is 0 Å². The number of hydrogen-bond donors (Lipinski definition) is 0. The summed E-state index contributed by atoms with van der Waals surface area (Å²) in [6.45, 7) is 4.76. The molecule has 10 aromatic rings. The fraction of sp³-hybridized carbons (Fsp3) is 0.0612. The fourth-order valence-electron chi connectivity index (χ4n) is 9.46. The third kappa shape index (κ3) is 3.55. The molecule has 3 nitrogen and oxygen atoms in total. The number of aromatic nitrogens is 3. The topological polar surface area (TPSA) is 30.7 Å². The molecule has 2 aromatic heterocycles. The van der Waals surface area contributed by atoms with Crippen LogP contribution >= 0.6 is 0 Å². The minimum Gasteiger partial charge on any atom is -0.309 e. The van der Waals surface area contributed by atoms with Crippen molar-refractivity contribution in [3.05, 3.63) is 163 Å². The Kier molecular flexibility index (Phi) is 5.31. The van der Waals surface area contributed by atoms with Crippen LogP contribution in [0.4, 0.5) is 0 Å². The van der Waals surface area contributed by atoms with Gasteiger partial charge in [0.1, 0.15) is 0 Å². The highest BCUT2D eigenvalue weighted by atomic mass is 15.0. The van der Waals surface area contributed by atoms with Crippen LogP contribution in [0.2, 0.25) is 0 Å². The van der Waals surface area contributed by atoms with Crippen molar-refractivity contribution in [2.45, 2.75) is 19.3 Å². The minimum absolute atomic E-state index is 0.136. The molecule has 0 N–H and O–H groups in total. The van der Waals surface area contributed by atoms with E-state index in [0.29, 0.717) is 0 Å². The quantitative estimate of drug-likeness (QED) is 0.185. The zero-order valence-corrected chi connectivity index (χ0v) is 28.8. The van der Waals surface area contributed by atoms with Gasteiger partial charge in [-0.1, -0.05) is 117 Å². The molecule has 0 spiro atoms. The highest BCUT2D eigenvalue weighted by Crippen LogP contribution is 2.52. The molecule has 242 valence electrons. The summed E-state index contributed by atoms with van der Waals surface area (Å²) in [5.41, 5.74) is 15.6. The number of hydrogen-bond acceptors (Lipinski definition) is 2. The van der Waals surface area contributed by atoms with E-state index in [1.54, 1.807) is 0 Å². The van der Waals surface area contributed by atoms with Crippen molar-refractivity contribution in [3.8, 4) is 50.6 Å². The summed E-state index contributed by atoms with van der Waals surface area (Å²) in [6.07, 6.45) is 0. The van der Waals surface area contributed by atoms with E-state index in [-0.39, 0.29) is 5.41 Å². The molecule has 12 rings (SSSR count). The lowest BCUT2D eigenvalue weighted by atomic mass is 9.81. The molecular weight excluding hydrogens is 631 g/mol. The van der Waals surface area contributed by atoms with E-state index < -0.39 is 0 Å². The van der Waals surface area contributed by atoms with Crippen molar-refractivity contribution >= 4 is 54.3 Å². The van der Waals surface area contributed by atoms with Gasteiger partial charge in [-0.3, -0.25) is 0 Å². The van der Waals surface area contributed by atoms with Crippen molar-refractivity contribution in [1.82, 2.24) is 14.5 Å². The summed E-state index contributed by atoms with van der Waals surface area (Å²) in [6, 6.07) is 55.6. The van der Waals surface area contributed by atoms with Crippen molar-refractivity contribution < 1.29 is 0 Å². The minimum atomic E-state index is -0.136. The number of benzene rings is 8. The molecule has 0 unspecified atom stereocenters. The molecule has 52 heavy (non-hydrogen) atoms. The molecule has 8 aromatic carbocycles. The second-order valence-electron chi connectivity index (χ2n) is 15.0. The summed E-state index contributed by atoms with van der Waals surface area (Å²) < 4.78 is 2.48. The Labute approximate surface area is 300 Å². The average Bonchev–Trinajstić information content (AvgIpc) is 3.76. The van der Waals surface area contributed by atoms with Gasteiger partial charge in [0.2, 0.25) is 0 Å². The molecule has 3 heteroatoms. The maximum absolute atomic E-state index is 5.30. The Hall–Kier alpha value is -6.58. The van der Waals surface area contributed by atoms with E-state index in [1.807, 2.05) is 0 Å². The first-order chi connectivity index (χ1) is 25.5. The molecule has 0 bridgehead atoms. The molecule has 2 aliphatic rings. The molecular formula is C49H31N3. The Morgan fingerprint density at radius 2 is 1.12 bits per heavy atom. The highest BCUT2D eigenvalue weighted by molar-refractivity contribution is 6.15. The zero-order valence-electron chi connectivity index (χ0n) is 28.8. The summed E-state index contributed by atoms with van der Waals surface area (Å²) >= 11 is 0. The maximum atomic E-state index is 5.30. The largest absolute Gasteiger partial charge is 0.309 e. The molecule has 0 fully saturated rings. The average molecular weight is 662 g/mol. The molecule has 0 saturated heterocycles. The lowest BCUT2D eigenvalue weighted by Crippen LogP contribution is -2.15. The van der Waals surface area contributed by atoms with Gasteiger partial charge in [-0.2, -0.15) is 0 Å². The van der Waals surface area contributed by atoms with Crippen LogP contribution in [0, 0.1) is 0 Å². The summed E-state index contributed by atoms with van der Waals surface area (Å²) in [4.78, 5) is 10.5. The molecule has 0 radical (unpaired) electrons. The SMILES string of the molecule is CC1(C)c2cc3ccccc3cc2-c2cc3c4ccccc4n(-c4ccc(-c5nc6c7c(cccc7n5)-c5ccccc5-6)c5ccccc45)c3cc21. The van der Waals surface area contributed by atoms with E-state index in [9.17, 15) is 0 Å². The third-order valence-electron chi connectivity index (χ3n) is 11.9. The second kappa shape index (κ2) is 9.80. The van der Waals surface area contributed by atoms with Crippen LogP contribution in [0.25, 0.3) is 105 Å². The van der Waals surface area contributed by atoms with E-state index in [2.05, 4.69) is 170 Å². The van der Waals surface area contributed by atoms with Crippen LogP contribution in [0.15, 0.2) is 152 Å². The fourth-order valence-corrected chi connectivity index (χ4v) is 9.46. The molecule has 0 saturated carbocycles. The summed E-state index contributed by atoms with van der Waals surface area (Å²) in [7, 11) is 0. The van der Waals surface area contributed by atoms with Gasteiger partial charge in [0, 0.05) is 38.1 Å². The smallest absolute Gasteiger partial charge is 0.161 e. The van der Waals surface area contributed by atoms with Crippen molar-refractivity contribution in [1.29, 1.82) is 0 Å². The Morgan fingerprint density at radius 1 is 0.442 bits per heavy atom. The Balaban J connectivity index is 1.11. The van der Waals surface area contributed by atoms with Gasteiger partial charge >= 0.3 is 0 Å². The van der Waals surface area contributed by atoms with Gasteiger partial charge in [-0.05, 0) is 98.1 Å². The number of para-hydroxylation sites is 1. The lowest BCUT2D eigenvalue weighted by molar-refractivity contribution is 0.662. The maximum Gasteiger partial charge on any atom is 0.161 e. The predicted octanol–water partition coefficient (Wildman–Crippen LogP) is 12.7. The lowest BCUT2D eigenvalue weighted by Gasteiger charge is -2.22.